The molecular weight excluding hydrogens is 230 g/mol. The highest BCUT2D eigenvalue weighted by Crippen LogP contribution is 2.22. The minimum absolute atomic E-state index is 0.109. The maximum absolute atomic E-state index is 11.3. The zero-order valence-corrected chi connectivity index (χ0v) is 9.44. The van der Waals surface area contributed by atoms with Crippen molar-refractivity contribution >= 4 is 12.2 Å². The van der Waals surface area contributed by atoms with Gasteiger partial charge in [0.25, 0.3) is 0 Å². The zero-order valence-electron chi connectivity index (χ0n) is 9.44. The number of carbonyl (C=O) groups excluding carboxylic acids is 2. The second-order valence-corrected chi connectivity index (χ2v) is 4.03. The molecule has 0 aromatic carbocycles. The predicted molar refractivity (Wildman–Crippen MR) is 56.0 cm³/mol. The molecule has 0 aliphatic carbocycles. The molecule has 98 valence electrons. The number of aliphatic hydroxyl groups excluding tert-OH is 3. The highest BCUT2D eigenvalue weighted by molar-refractivity contribution is 5.78. The average molecular weight is 247 g/mol. The van der Waals surface area contributed by atoms with E-state index in [0.717, 1.165) is 0 Å². The Morgan fingerprint density at radius 1 is 1.29 bits per heavy atom. The first-order valence-corrected chi connectivity index (χ1v) is 5.37. The Morgan fingerprint density at radius 3 is 2.53 bits per heavy atom. The molecule has 0 spiro atoms. The van der Waals surface area contributed by atoms with Gasteiger partial charge in [0, 0.05) is 0 Å². The van der Waals surface area contributed by atoms with E-state index in [0.29, 0.717) is 6.29 Å². The lowest BCUT2D eigenvalue weighted by atomic mass is 9.94. The average Bonchev–Trinajstić information content (AvgIpc) is 2.30. The molecule has 0 aromatic rings. The highest BCUT2D eigenvalue weighted by Gasteiger charge is 2.42. The molecule has 0 aromatic heterocycles. The third-order valence-corrected chi connectivity index (χ3v) is 2.72. The Morgan fingerprint density at radius 2 is 1.94 bits per heavy atom. The van der Waals surface area contributed by atoms with Gasteiger partial charge in [-0.05, 0) is 6.92 Å². The van der Waals surface area contributed by atoms with Crippen LogP contribution in [0.2, 0.25) is 0 Å². The molecule has 4 N–H and O–H groups in total. The van der Waals surface area contributed by atoms with E-state index in [2.05, 4.69) is 5.32 Å². The summed E-state index contributed by atoms with van der Waals surface area (Å²) in [6.45, 7) is 1.43. The summed E-state index contributed by atoms with van der Waals surface area (Å²) in [5.74, 6) is -0.461. The smallest absolute Gasteiger partial charge is 0.223 e. The largest absolute Gasteiger partial charge is 0.388 e. The number of hydrogen-bond acceptors (Lipinski definition) is 6. The highest BCUT2D eigenvalue weighted by atomic mass is 16.5. The standard InChI is InChI=1S/C10H17NO6/c1-5-8(14)10(16)9(15)6(17-5)4-7(13)11-2-3-12/h3,5-6,8-10,14-16H,2,4H2,1H3,(H,11,13)/t5-,6-,8+,9+,10+/m0/s1. The van der Waals surface area contributed by atoms with E-state index in [-0.39, 0.29) is 13.0 Å². The fraction of sp³-hybridized carbons (Fsp3) is 0.800. The summed E-state index contributed by atoms with van der Waals surface area (Å²) in [4.78, 5) is 21.3. The van der Waals surface area contributed by atoms with Gasteiger partial charge in [-0.2, -0.15) is 0 Å². The molecule has 1 aliphatic heterocycles. The molecule has 1 heterocycles. The van der Waals surface area contributed by atoms with Gasteiger partial charge in [0.05, 0.1) is 25.2 Å². The maximum Gasteiger partial charge on any atom is 0.223 e. The van der Waals surface area contributed by atoms with Crippen LogP contribution in [-0.2, 0) is 14.3 Å². The monoisotopic (exact) mass is 247 g/mol. The molecular formula is C10H17NO6. The fourth-order valence-corrected chi connectivity index (χ4v) is 1.72. The van der Waals surface area contributed by atoms with Crippen LogP contribution < -0.4 is 5.32 Å². The van der Waals surface area contributed by atoms with Crippen LogP contribution in [0, 0.1) is 0 Å². The van der Waals surface area contributed by atoms with Gasteiger partial charge >= 0.3 is 0 Å². The lowest BCUT2D eigenvalue weighted by molar-refractivity contribution is -0.218. The quantitative estimate of drug-likeness (QED) is 0.410. The maximum atomic E-state index is 11.3. The number of rotatable bonds is 4. The Hall–Kier alpha value is -1.02. The van der Waals surface area contributed by atoms with Crippen molar-refractivity contribution in [2.75, 3.05) is 6.54 Å². The molecule has 1 fully saturated rings. The van der Waals surface area contributed by atoms with Gasteiger partial charge < -0.3 is 30.2 Å². The Kier molecular flexibility index (Phi) is 5.01. The third-order valence-electron chi connectivity index (χ3n) is 2.72. The van der Waals surface area contributed by atoms with E-state index < -0.39 is 36.4 Å². The van der Waals surface area contributed by atoms with Gasteiger partial charge in [0.15, 0.2) is 0 Å². The molecule has 0 bridgehead atoms. The first-order chi connectivity index (χ1) is 7.97. The minimum atomic E-state index is -1.34. The van der Waals surface area contributed by atoms with Crippen molar-refractivity contribution < 1.29 is 29.6 Å². The van der Waals surface area contributed by atoms with Crippen molar-refractivity contribution in [2.24, 2.45) is 0 Å². The van der Waals surface area contributed by atoms with E-state index in [1.165, 1.54) is 6.92 Å². The van der Waals surface area contributed by atoms with Crippen LogP contribution in [0.3, 0.4) is 0 Å². The SMILES string of the molecule is C[C@@H]1O[C@@H](CC(=O)NCC=O)[C@@H](O)[C@H](O)[C@@H]1O. The Bertz CT molecular complexity index is 284. The van der Waals surface area contributed by atoms with Crippen molar-refractivity contribution in [3.63, 3.8) is 0 Å². The Balaban J connectivity index is 2.53. The molecule has 5 atom stereocenters. The zero-order chi connectivity index (χ0) is 13.0. The summed E-state index contributed by atoms with van der Waals surface area (Å²) in [5.41, 5.74) is 0. The molecule has 1 rings (SSSR count). The van der Waals surface area contributed by atoms with Gasteiger partial charge in [-0.15, -0.1) is 0 Å². The van der Waals surface area contributed by atoms with Crippen molar-refractivity contribution in [2.45, 2.75) is 43.9 Å². The van der Waals surface area contributed by atoms with Crippen LogP contribution >= 0.6 is 0 Å². The predicted octanol–water partition coefficient (Wildman–Crippen LogP) is -2.44. The Labute approximate surface area is 98.4 Å². The summed E-state index contributed by atoms with van der Waals surface area (Å²) >= 11 is 0. The van der Waals surface area contributed by atoms with Crippen molar-refractivity contribution in [1.29, 1.82) is 0 Å². The van der Waals surface area contributed by atoms with Crippen molar-refractivity contribution in [3.05, 3.63) is 0 Å². The molecule has 1 saturated heterocycles. The lowest BCUT2D eigenvalue weighted by Gasteiger charge is -2.39. The molecule has 0 unspecified atom stereocenters. The van der Waals surface area contributed by atoms with Gasteiger partial charge in [0.2, 0.25) is 5.91 Å². The van der Waals surface area contributed by atoms with Gasteiger partial charge in [0.1, 0.15) is 24.6 Å². The van der Waals surface area contributed by atoms with Gasteiger partial charge in [-0.25, -0.2) is 0 Å². The second-order valence-electron chi connectivity index (χ2n) is 4.03. The van der Waals surface area contributed by atoms with E-state index >= 15 is 0 Å². The first-order valence-electron chi connectivity index (χ1n) is 5.37. The van der Waals surface area contributed by atoms with Crippen molar-refractivity contribution in [1.82, 2.24) is 5.32 Å². The molecule has 7 nitrogen and oxygen atoms in total. The summed E-state index contributed by atoms with van der Waals surface area (Å²) in [6.07, 6.45) is -5.06. The number of nitrogens with one attached hydrogen (secondary N) is 1. The fourth-order valence-electron chi connectivity index (χ4n) is 1.72. The number of hydrogen-bond donors (Lipinski definition) is 4. The van der Waals surface area contributed by atoms with E-state index in [4.69, 9.17) is 4.74 Å². The molecule has 0 radical (unpaired) electrons. The van der Waals surface area contributed by atoms with E-state index in [1.54, 1.807) is 0 Å². The molecule has 17 heavy (non-hydrogen) atoms. The van der Waals surface area contributed by atoms with E-state index in [1.807, 2.05) is 0 Å². The van der Waals surface area contributed by atoms with E-state index in [9.17, 15) is 24.9 Å². The van der Waals surface area contributed by atoms with Crippen LogP contribution in [0.5, 0.6) is 0 Å². The summed E-state index contributed by atoms with van der Waals surface area (Å²) < 4.78 is 5.22. The lowest BCUT2D eigenvalue weighted by Crippen LogP contribution is -2.57. The third kappa shape index (κ3) is 3.47. The normalized spacial score (nSPS) is 37.5. The van der Waals surface area contributed by atoms with Crippen molar-refractivity contribution in [3.8, 4) is 0 Å². The summed E-state index contributed by atoms with van der Waals surface area (Å²) in [6, 6.07) is 0. The second kappa shape index (κ2) is 6.06. The topological polar surface area (TPSA) is 116 Å². The van der Waals surface area contributed by atoms with Crippen LogP contribution in [-0.4, -0.2) is 64.6 Å². The summed E-state index contributed by atoms with van der Waals surface area (Å²) in [7, 11) is 0. The molecule has 0 saturated carbocycles. The minimum Gasteiger partial charge on any atom is -0.388 e. The van der Waals surface area contributed by atoms with Crippen LogP contribution in [0.4, 0.5) is 0 Å². The number of aldehydes is 1. The molecule has 1 aliphatic rings. The first kappa shape index (κ1) is 14.0. The van der Waals surface area contributed by atoms with Crippen LogP contribution in [0.1, 0.15) is 13.3 Å². The van der Waals surface area contributed by atoms with Crippen LogP contribution in [0.15, 0.2) is 0 Å². The number of amides is 1. The van der Waals surface area contributed by atoms with Gasteiger partial charge in [-0.1, -0.05) is 0 Å². The molecule has 1 amide bonds. The van der Waals surface area contributed by atoms with Crippen LogP contribution in [0.25, 0.3) is 0 Å². The number of ether oxygens (including phenoxy) is 1. The van der Waals surface area contributed by atoms with Gasteiger partial charge in [-0.3, -0.25) is 4.79 Å². The molecule has 7 heteroatoms. The number of carbonyl (C=O) groups is 2. The summed E-state index contributed by atoms with van der Waals surface area (Å²) in [5, 5.41) is 30.9. The number of aliphatic hydroxyl groups is 3.